The molecule has 29 heavy (non-hydrogen) atoms. The third-order valence-electron chi connectivity index (χ3n) is 4.21. The maximum absolute atomic E-state index is 11.8. The Morgan fingerprint density at radius 2 is 2.00 bits per heavy atom. The molecule has 0 aliphatic heterocycles. The van der Waals surface area contributed by atoms with E-state index in [4.69, 9.17) is 0 Å². The molecule has 2 N–H and O–H groups in total. The number of hydrogen-bond acceptors (Lipinski definition) is 7. The Balaban J connectivity index is 1.99. The first-order valence-corrected chi connectivity index (χ1v) is 10.8. The van der Waals surface area contributed by atoms with E-state index in [1.54, 1.807) is 23.0 Å². The minimum absolute atomic E-state index is 0.0793. The number of thiazole rings is 1. The molecule has 0 fully saturated rings. The number of aliphatic hydroxyl groups excluding tert-OH is 1. The highest BCUT2D eigenvalue weighted by Crippen LogP contribution is 2.24. The van der Waals surface area contributed by atoms with E-state index in [0.717, 1.165) is 5.56 Å². The summed E-state index contributed by atoms with van der Waals surface area (Å²) in [5.41, 5.74) is 3.93. The molecule has 4 aromatic rings. The van der Waals surface area contributed by atoms with Gasteiger partial charge in [-0.05, 0) is 39.8 Å². The van der Waals surface area contributed by atoms with Crippen LogP contribution in [-0.4, -0.2) is 38.1 Å². The van der Waals surface area contributed by atoms with Crippen molar-refractivity contribution < 1.29 is 22.9 Å². The van der Waals surface area contributed by atoms with Gasteiger partial charge >= 0.3 is 5.82 Å². The summed E-state index contributed by atoms with van der Waals surface area (Å²) in [6, 6.07) is 11.4. The number of tetrazole rings is 1. The van der Waals surface area contributed by atoms with Crippen molar-refractivity contribution in [3.8, 4) is 22.9 Å². The fourth-order valence-corrected chi connectivity index (χ4v) is 4.11. The minimum atomic E-state index is -4.47. The van der Waals surface area contributed by atoms with E-state index in [1.165, 1.54) is 39.1 Å². The van der Waals surface area contributed by atoms with Crippen molar-refractivity contribution in [2.24, 2.45) is 0 Å². The Morgan fingerprint density at radius 3 is 2.69 bits per heavy atom. The summed E-state index contributed by atoms with van der Waals surface area (Å²) in [6.45, 7) is 1.69. The van der Waals surface area contributed by atoms with Crippen LogP contribution >= 0.6 is 11.3 Å². The number of rotatable bonds is 5. The Hall–Kier alpha value is -2.99. The monoisotopic (exact) mass is 430 g/mol. The summed E-state index contributed by atoms with van der Waals surface area (Å²) in [4.78, 5) is 6.81. The van der Waals surface area contributed by atoms with Crippen LogP contribution in [0, 0.1) is 6.92 Å². The highest BCUT2D eigenvalue weighted by molar-refractivity contribution is 7.86. The third kappa shape index (κ3) is 3.68. The molecule has 0 bridgehead atoms. The van der Waals surface area contributed by atoms with Crippen LogP contribution in [0.15, 0.2) is 58.3 Å². The van der Waals surface area contributed by atoms with Crippen LogP contribution in [-0.2, 0) is 16.7 Å². The van der Waals surface area contributed by atoms with Gasteiger partial charge < -0.3 is 5.11 Å². The SMILES string of the molecule is Cc1ccc(-n2nc(-c3ccccc3S(=O)(=O)O)n[n+]2-c2cscn2)c(CO)c1. The lowest BCUT2D eigenvalue weighted by Crippen LogP contribution is -2.43. The van der Waals surface area contributed by atoms with Crippen LogP contribution in [0.2, 0.25) is 0 Å². The summed E-state index contributed by atoms with van der Waals surface area (Å²) < 4.78 is 33.2. The summed E-state index contributed by atoms with van der Waals surface area (Å²) in [7, 11) is -4.47. The van der Waals surface area contributed by atoms with Gasteiger partial charge in [-0.1, -0.05) is 34.8 Å². The maximum atomic E-state index is 11.8. The van der Waals surface area contributed by atoms with Gasteiger partial charge in [-0.2, -0.15) is 8.42 Å². The van der Waals surface area contributed by atoms with Crippen molar-refractivity contribution in [2.75, 3.05) is 0 Å². The fourth-order valence-electron chi connectivity index (χ4n) is 2.91. The molecule has 0 saturated heterocycles. The normalized spacial score (nSPS) is 11.7. The first kappa shape index (κ1) is 19.3. The summed E-state index contributed by atoms with van der Waals surface area (Å²) >= 11 is 1.36. The highest BCUT2D eigenvalue weighted by Gasteiger charge is 2.27. The van der Waals surface area contributed by atoms with E-state index in [9.17, 15) is 18.1 Å². The second-order valence-electron chi connectivity index (χ2n) is 6.21. The van der Waals surface area contributed by atoms with Crippen LogP contribution in [0.5, 0.6) is 0 Å². The number of hydrogen-bond donors (Lipinski definition) is 2. The highest BCUT2D eigenvalue weighted by atomic mass is 32.2. The molecule has 9 nitrogen and oxygen atoms in total. The van der Waals surface area contributed by atoms with Crippen molar-refractivity contribution in [1.29, 1.82) is 0 Å². The standard InChI is InChI=1S/C18H15N5O4S2/c1-12-6-7-15(13(8-12)9-24)22-20-18(21-23(22)17-10-28-11-19-17)14-4-2-3-5-16(14)29(25,26)27/h2-8,10-11,24H,9H2,1H3/p+1. The Kier molecular flexibility index (Phi) is 4.96. The molecule has 4 rings (SSSR count). The van der Waals surface area contributed by atoms with Gasteiger partial charge in [-0.25, -0.2) is 0 Å². The molecule has 0 saturated carbocycles. The zero-order valence-electron chi connectivity index (χ0n) is 15.2. The van der Waals surface area contributed by atoms with Gasteiger partial charge in [0.25, 0.3) is 15.9 Å². The average molecular weight is 430 g/mol. The Labute approximate surface area is 170 Å². The molecule has 0 unspecified atom stereocenters. The second-order valence-corrected chi connectivity index (χ2v) is 8.32. The molecule has 0 aliphatic carbocycles. The average Bonchev–Trinajstić information content (AvgIpc) is 3.37. The van der Waals surface area contributed by atoms with Crippen molar-refractivity contribution in [1.82, 2.24) is 20.0 Å². The largest absolute Gasteiger partial charge is 0.392 e. The molecule has 0 atom stereocenters. The maximum Gasteiger partial charge on any atom is 0.317 e. The topological polar surface area (TPSA) is 122 Å². The van der Waals surface area contributed by atoms with Gasteiger partial charge in [0.1, 0.15) is 10.6 Å². The zero-order chi connectivity index (χ0) is 20.6. The van der Waals surface area contributed by atoms with Crippen molar-refractivity contribution >= 4 is 21.5 Å². The first-order valence-electron chi connectivity index (χ1n) is 8.44. The predicted molar refractivity (Wildman–Crippen MR) is 104 cm³/mol. The van der Waals surface area contributed by atoms with Crippen molar-refractivity contribution in [2.45, 2.75) is 18.4 Å². The third-order valence-corrected chi connectivity index (χ3v) is 5.70. The van der Waals surface area contributed by atoms with Crippen molar-refractivity contribution in [3.05, 3.63) is 64.5 Å². The zero-order valence-corrected chi connectivity index (χ0v) is 16.8. The fraction of sp³-hybridized carbons (Fsp3) is 0.111. The van der Waals surface area contributed by atoms with Crippen LogP contribution in [0.25, 0.3) is 22.9 Å². The van der Waals surface area contributed by atoms with Gasteiger partial charge in [-0.3, -0.25) is 4.55 Å². The Bertz CT molecular complexity index is 1280. The van der Waals surface area contributed by atoms with Gasteiger partial charge in [0.15, 0.2) is 5.51 Å². The number of nitrogens with zero attached hydrogens (tertiary/aromatic N) is 5. The predicted octanol–water partition coefficient (Wildman–Crippen LogP) is 1.71. The van der Waals surface area contributed by atoms with Crippen LogP contribution in [0.3, 0.4) is 0 Å². The number of benzene rings is 2. The quantitative estimate of drug-likeness (QED) is 0.365. The van der Waals surface area contributed by atoms with E-state index in [1.807, 2.05) is 19.1 Å². The molecule has 148 valence electrons. The van der Waals surface area contributed by atoms with E-state index in [-0.39, 0.29) is 22.9 Å². The number of aryl methyl sites for hydroxylation is 1. The van der Waals surface area contributed by atoms with E-state index >= 15 is 0 Å². The molecule has 2 aromatic heterocycles. The molecule has 0 spiro atoms. The van der Waals surface area contributed by atoms with Crippen LogP contribution in [0.1, 0.15) is 11.1 Å². The summed E-state index contributed by atoms with van der Waals surface area (Å²) in [5.74, 6) is 0.554. The lowest BCUT2D eigenvalue weighted by molar-refractivity contribution is -0.737. The van der Waals surface area contributed by atoms with E-state index in [0.29, 0.717) is 17.1 Å². The lowest BCUT2D eigenvalue weighted by Gasteiger charge is -2.06. The van der Waals surface area contributed by atoms with Gasteiger partial charge in [0.2, 0.25) is 0 Å². The van der Waals surface area contributed by atoms with Gasteiger partial charge in [-0.15, -0.1) is 11.3 Å². The molecule has 0 aliphatic rings. The van der Waals surface area contributed by atoms with E-state index in [2.05, 4.69) is 15.2 Å². The lowest BCUT2D eigenvalue weighted by atomic mass is 10.1. The molecule has 0 amide bonds. The first-order chi connectivity index (χ1) is 13.9. The molecule has 2 aromatic carbocycles. The number of aromatic nitrogens is 5. The van der Waals surface area contributed by atoms with Gasteiger partial charge in [0.05, 0.1) is 17.6 Å². The number of aliphatic hydroxyl groups is 1. The molecule has 0 radical (unpaired) electrons. The van der Waals surface area contributed by atoms with Gasteiger partial charge in [0, 0.05) is 10.7 Å². The molecule has 2 heterocycles. The second kappa shape index (κ2) is 7.44. The molecule has 11 heteroatoms. The summed E-state index contributed by atoms with van der Waals surface area (Å²) in [5, 5.41) is 20.5. The van der Waals surface area contributed by atoms with Crippen LogP contribution < -0.4 is 4.80 Å². The van der Waals surface area contributed by atoms with Crippen molar-refractivity contribution in [3.63, 3.8) is 0 Å². The Morgan fingerprint density at radius 1 is 1.21 bits per heavy atom. The minimum Gasteiger partial charge on any atom is -0.392 e. The van der Waals surface area contributed by atoms with Crippen LogP contribution in [0.4, 0.5) is 0 Å². The molecular weight excluding hydrogens is 414 g/mol. The molecular formula is C18H16N5O4S2+. The van der Waals surface area contributed by atoms with E-state index < -0.39 is 10.1 Å². The summed E-state index contributed by atoms with van der Waals surface area (Å²) in [6.07, 6.45) is 0. The smallest absolute Gasteiger partial charge is 0.317 e.